The lowest BCUT2D eigenvalue weighted by Crippen LogP contribution is -2.26. The van der Waals surface area contributed by atoms with E-state index in [2.05, 4.69) is 4.98 Å². The van der Waals surface area contributed by atoms with Gasteiger partial charge in [-0.15, -0.1) is 11.3 Å². The SMILES string of the molecule is CCOc1ccc2nc(Cl)c([C@H]3CC(c4ccccc4)=NN3C(=O)c3cccs3)cc2c1. The molecule has 1 aliphatic heterocycles. The van der Waals surface area contributed by atoms with E-state index in [4.69, 9.17) is 21.4 Å². The van der Waals surface area contributed by atoms with E-state index < -0.39 is 0 Å². The Morgan fingerprint density at radius 1 is 1.16 bits per heavy atom. The largest absolute Gasteiger partial charge is 0.494 e. The fourth-order valence-electron chi connectivity index (χ4n) is 3.90. The maximum atomic E-state index is 13.3. The molecule has 0 spiro atoms. The van der Waals surface area contributed by atoms with Crippen LogP contribution in [0, 0.1) is 0 Å². The molecular formula is C25H20ClN3O2S. The first-order valence-electron chi connectivity index (χ1n) is 10.4. The maximum absolute atomic E-state index is 13.3. The summed E-state index contributed by atoms with van der Waals surface area (Å²) in [7, 11) is 0. The fourth-order valence-corrected chi connectivity index (χ4v) is 4.82. The van der Waals surface area contributed by atoms with Gasteiger partial charge in [-0.3, -0.25) is 4.79 Å². The third-order valence-corrected chi connectivity index (χ3v) is 6.55. The number of fused-ring (bicyclic) bond motifs is 1. The highest BCUT2D eigenvalue weighted by molar-refractivity contribution is 7.12. The van der Waals surface area contributed by atoms with E-state index >= 15 is 0 Å². The zero-order chi connectivity index (χ0) is 22.1. The molecule has 0 saturated heterocycles. The monoisotopic (exact) mass is 461 g/mol. The van der Waals surface area contributed by atoms with Crippen molar-refractivity contribution >= 4 is 45.5 Å². The highest BCUT2D eigenvalue weighted by atomic mass is 35.5. The first-order chi connectivity index (χ1) is 15.6. The Bertz CT molecular complexity index is 1310. The first-order valence-corrected chi connectivity index (χ1v) is 11.6. The maximum Gasteiger partial charge on any atom is 0.284 e. The number of ether oxygens (including phenoxy) is 1. The van der Waals surface area contributed by atoms with Crippen LogP contribution in [0.1, 0.15) is 40.2 Å². The molecule has 1 atom stereocenters. The highest BCUT2D eigenvalue weighted by Gasteiger charge is 2.35. The van der Waals surface area contributed by atoms with Crippen LogP contribution in [0.2, 0.25) is 5.15 Å². The second-order valence-corrected chi connectivity index (χ2v) is 8.72. The number of nitrogens with zero attached hydrogens (tertiary/aromatic N) is 3. The van der Waals surface area contributed by atoms with Crippen molar-refractivity contribution in [1.29, 1.82) is 0 Å². The third-order valence-electron chi connectivity index (χ3n) is 5.39. The zero-order valence-corrected chi connectivity index (χ0v) is 18.9. The molecule has 5 nitrogen and oxygen atoms in total. The summed E-state index contributed by atoms with van der Waals surface area (Å²) >= 11 is 8.04. The molecule has 0 bridgehead atoms. The van der Waals surface area contributed by atoms with Crippen LogP contribution in [0.4, 0.5) is 0 Å². The Balaban J connectivity index is 1.59. The molecule has 7 heteroatoms. The van der Waals surface area contributed by atoms with Crippen molar-refractivity contribution < 1.29 is 9.53 Å². The number of carbonyl (C=O) groups excluding carboxylic acids is 1. The van der Waals surface area contributed by atoms with Crippen LogP contribution in [0.5, 0.6) is 5.75 Å². The lowest BCUT2D eigenvalue weighted by atomic mass is 9.98. The molecule has 1 aliphatic rings. The number of carbonyl (C=O) groups is 1. The van der Waals surface area contributed by atoms with Gasteiger partial charge in [0.1, 0.15) is 10.9 Å². The molecular weight excluding hydrogens is 442 g/mol. The number of halogens is 1. The van der Waals surface area contributed by atoms with E-state index in [-0.39, 0.29) is 11.9 Å². The number of hydrogen-bond acceptors (Lipinski definition) is 5. The van der Waals surface area contributed by atoms with Crippen LogP contribution in [-0.2, 0) is 0 Å². The lowest BCUT2D eigenvalue weighted by Gasteiger charge is -2.22. The van der Waals surface area contributed by atoms with Gasteiger partial charge in [0.25, 0.3) is 5.91 Å². The molecule has 0 N–H and O–H groups in total. The summed E-state index contributed by atoms with van der Waals surface area (Å²) < 4.78 is 5.65. The van der Waals surface area contributed by atoms with Crippen molar-refractivity contribution in [1.82, 2.24) is 9.99 Å². The smallest absolute Gasteiger partial charge is 0.284 e. The number of benzene rings is 2. The number of pyridine rings is 1. The number of rotatable bonds is 5. The van der Waals surface area contributed by atoms with Crippen molar-refractivity contribution in [3.05, 3.63) is 93.3 Å². The molecule has 0 unspecified atom stereocenters. The van der Waals surface area contributed by atoms with Crippen molar-refractivity contribution in [3.8, 4) is 5.75 Å². The quantitative estimate of drug-likeness (QED) is 0.326. The molecule has 0 aliphatic carbocycles. The van der Waals surface area contributed by atoms with Crippen LogP contribution in [0.25, 0.3) is 10.9 Å². The van der Waals surface area contributed by atoms with Gasteiger partial charge < -0.3 is 4.74 Å². The van der Waals surface area contributed by atoms with Gasteiger partial charge in [-0.05, 0) is 48.2 Å². The highest BCUT2D eigenvalue weighted by Crippen LogP contribution is 2.38. The predicted molar refractivity (Wildman–Crippen MR) is 129 cm³/mol. The average molecular weight is 462 g/mol. The van der Waals surface area contributed by atoms with E-state index in [1.807, 2.05) is 79.0 Å². The van der Waals surface area contributed by atoms with Gasteiger partial charge in [0.15, 0.2) is 0 Å². The van der Waals surface area contributed by atoms with Crippen molar-refractivity contribution in [2.45, 2.75) is 19.4 Å². The third kappa shape index (κ3) is 3.87. The zero-order valence-electron chi connectivity index (χ0n) is 17.4. The minimum absolute atomic E-state index is 0.143. The van der Waals surface area contributed by atoms with Crippen LogP contribution in [-0.4, -0.2) is 28.2 Å². The minimum Gasteiger partial charge on any atom is -0.494 e. The molecule has 2 aromatic heterocycles. The summed E-state index contributed by atoms with van der Waals surface area (Å²) in [4.78, 5) is 18.6. The van der Waals surface area contributed by atoms with E-state index in [1.54, 1.807) is 5.01 Å². The normalized spacial score (nSPS) is 15.8. The van der Waals surface area contributed by atoms with E-state index in [1.165, 1.54) is 11.3 Å². The number of amides is 1. The number of aromatic nitrogens is 1. The Kier molecular flexibility index (Phi) is 5.64. The Morgan fingerprint density at radius 2 is 2.00 bits per heavy atom. The fraction of sp³-hybridized carbons (Fsp3) is 0.160. The van der Waals surface area contributed by atoms with E-state index in [0.717, 1.165) is 33.5 Å². The second-order valence-electron chi connectivity index (χ2n) is 7.42. The standard InChI is InChI=1S/C25H20ClN3O2S/c1-2-31-18-10-11-20-17(13-18)14-19(24(26)27-20)22-15-21(16-7-4-3-5-8-16)28-29(22)25(30)23-9-6-12-32-23/h3-14,22H,2,15H2,1H3/t22-/m1/s1. The average Bonchev–Trinajstić information content (AvgIpc) is 3.50. The topological polar surface area (TPSA) is 54.8 Å². The Morgan fingerprint density at radius 3 is 2.75 bits per heavy atom. The van der Waals surface area contributed by atoms with Gasteiger partial charge in [0.05, 0.1) is 28.8 Å². The van der Waals surface area contributed by atoms with Crippen molar-refractivity contribution in [3.63, 3.8) is 0 Å². The number of hydrogen-bond donors (Lipinski definition) is 0. The summed E-state index contributed by atoms with van der Waals surface area (Å²) in [6, 6.07) is 21.0. The Labute approximate surface area is 194 Å². The van der Waals surface area contributed by atoms with Crippen molar-refractivity contribution in [2.24, 2.45) is 5.10 Å². The van der Waals surface area contributed by atoms with Gasteiger partial charge in [-0.2, -0.15) is 5.10 Å². The summed E-state index contributed by atoms with van der Waals surface area (Å²) in [5, 5.41) is 9.46. The van der Waals surface area contributed by atoms with Gasteiger partial charge in [-0.25, -0.2) is 9.99 Å². The molecule has 32 heavy (non-hydrogen) atoms. The van der Waals surface area contributed by atoms with Gasteiger partial charge in [0, 0.05) is 17.4 Å². The van der Waals surface area contributed by atoms with E-state index in [0.29, 0.717) is 23.1 Å². The molecule has 1 amide bonds. The van der Waals surface area contributed by atoms with Gasteiger partial charge >= 0.3 is 0 Å². The molecule has 0 radical (unpaired) electrons. The molecule has 0 saturated carbocycles. The van der Waals surface area contributed by atoms with Crippen molar-refractivity contribution in [2.75, 3.05) is 6.61 Å². The molecule has 5 rings (SSSR count). The summed E-state index contributed by atoms with van der Waals surface area (Å²) in [6.07, 6.45) is 0.555. The minimum atomic E-state index is -0.347. The molecule has 160 valence electrons. The van der Waals surface area contributed by atoms with Crippen LogP contribution in [0.3, 0.4) is 0 Å². The first kappa shape index (κ1) is 20.7. The number of thiophene rings is 1. The van der Waals surface area contributed by atoms with Gasteiger partial charge in [0.2, 0.25) is 0 Å². The molecule has 2 aromatic carbocycles. The van der Waals surface area contributed by atoms with E-state index in [9.17, 15) is 4.79 Å². The number of hydrazone groups is 1. The van der Waals surface area contributed by atoms with Crippen LogP contribution < -0.4 is 4.74 Å². The summed E-state index contributed by atoms with van der Waals surface area (Å²) in [6.45, 7) is 2.53. The summed E-state index contributed by atoms with van der Waals surface area (Å²) in [5.41, 5.74) is 3.38. The van der Waals surface area contributed by atoms with Crippen LogP contribution >= 0.6 is 22.9 Å². The predicted octanol–water partition coefficient (Wildman–Crippen LogP) is 6.34. The van der Waals surface area contributed by atoms with Gasteiger partial charge in [-0.1, -0.05) is 48.0 Å². The molecule has 3 heterocycles. The molecule has 0 fully saturated rings. The van der Waals surface area contributed by atoms with Crippen LogP contribution in [0.15, 0.2) is 77.2 Å². The Hall–Kier alpha value is -3.22. The summed E-state index contributed by atoms with van der Waals surface area (Å²) in [5.74, 6) is 0.629. The lowest BCUT2D eigenvalue weighted by molar-refractivity contribution is 0.0716. The second kappa shape index (κ2) is 8.73. The molecule has 4 aromatic rings.